The average molecular weight is 426 g/mol. The van der Waals surface area contributed by atoms with Crippen molar-refractivity contribution < 1.29 is 23.9 Å². The summed E-state index contributed by atoms with van der Waals surface area (Å²) in [6.07, 6.45) is 1.41. The molecule has 170 valence electrons. The van der Waals surface area contributed by atoms with Crippen LogP contribution < -0.4 is 16.0 Å². The summed E-state index contributed by atoms with van der Waals surface area (Å²) in [5.74, 6) is -0.376. The van der Waals surface area contributed by atoms with E-state index in [0.29, 0.717) is 43.9 Å². The van der Waals surface area contributed by atoms with E-state index < -0.39 is 5.97 Å². The van der Waals surface area contributed by atoms with Crippen LogP contribution in [0.15, 0.2) is 11.3 Å². The van der Waals surface area contributed by atoms with Crippen molar-refractivity contribution in [2.45, 2.75) is 32.7 Å². The Morgan fingerprint density at radius 3 is 2.50 bits per heavy atom. The van der Waals surface area contributed by atoms with Gasteiger partial charge in [-0.05, 0) is 19.8 Å². The number of methoxy groups -OCH3 is 1. The maximum Gasteiger partial charge on any atom is 0.337 e. The van der Waals surface area contributed by atoms with Crippen LogP contribution in [0.2, 0.25) is 0 Å². The molecule has 0 aromatic heterocycles. The third-order valence-corrected chi connectivity index (χ3v) is 5.21. The zero-order valence-electron chi connectivity index (χ0n) is 18.3. The van der Waals surface area contributed by atoms with Gasteiger partial charge in [-0.2, -0.15) is 0 Å². The van der Waals surface area contributed by atoms with Gasteiger partial charge in [0.05, 0.1) is 24.8 Å². The topological polar surface area (TPSA) is 112 Å². The van der Waals surface area contributed by atoms with E-state index in [1.165, 1.54) is 0 Å². The maximum atomic E-state index is 12.5. The average Bonchev–Trinajstić information content (AvgIpc) is 2.72. The van der Waals surface area contributed by atoms with E-state index in [-0.39, 0.29) is 24.6 Å². The Bertz CT molecular complexity index is 631. The predicted molar refractivity (Wildman–Crippen MR) is 112 cm³/mol. The zero-order chi connectivity index (χ0) is 21.9. The highest BCUT2D eigenvalue weighted by atomic mass is 16.5. The van der Waals surface area contributed by atoms with Crippen LogP contribution >= 0.6 is 0 Å². The molecule has 0 aromatic carbocycles. The van der Waals surface area contributed by atoms with Crippen molar-refractivity contribution in [2.75, 3.05) is 66.1 Å². The molecule has 1 unspecified atom stereocenters. The van der Waals surface area contributed by atoms with Gasteiger partial charge in [-0.15, -0.1) is 0 Å². The molecule has 0 aliphatic carbocycles. The Kier molecular flexibility index (Phi) is 10.0. The minimum atomic E-state index is -0.393. The molecule has 0 aromatic rings. The number of piperazine rings is 1. The van der Waals surface area contributed by atoms with Crippen molar-refractivity contribution in [3.8, 4) is 0 Å². The summed E-state index contributed by atoms with van der Waals surface area (Å²) in [5, 5.41) is 8.48. The highest BCUT2D eigenvalue weighted by Crippen LogP contribution is 2.18. The lowest BCUT2D eigenvalue weighted by Gasteiger charge is -2.36. The van der Waals surface area contributed by atoms with Gasteiger partial charge in [0.2, 0.25) is 5.91 Å². The van der Waals surface area contributed by atoms with Gasteiger partial charge >= 0.3 is 12.0 Å². The zero-order valence-corrected chi connectivity index (χ0v) is 18.3. The molecule has 0 saturated carbocycles. The summed E-state index contributed by atoms with van der Waals surface area (Å²) in [6.45, 7) is 9.04. The van der Waals surface area contributed by atoms with Crippen LogP contribution in [0.3, 0.4) is 0 Å². The molecule has 1 saturated heterocycles. The standard InChI is InChI=1S/C20H35N5O5/c1-4-15-18(19(27)30-5-2)16(23-20(28)22-15)13-24-8-10-25(11-9-24)14-17(26)21-7-6-12-29-3/h15H,4-14H2,1-3H3,(H,21,26)(H2,22,23,28). The summed E-state index contributed by atoms with van der Waals surface area (Å²) in [7, 11) is 1.64. The smallest absolute Gasteiger partial charge is 0.337 e. The summed E-state index contributed by atoms with van der Waals surface area (Å²) in [6, 6.07) is -0.649. The number of hydrogen-bond donors (Lipinski definition) is 3. The van der Waals surface area contributed by atoms with Crippen LogP contribution in [-0.2, 0) is 19.1 Å². The summed E-state index contributed by atoms with van der Waals surface area (Å²) in [4.78, 5) is 40.8. The van der Waals surface area contributed by atoms with Crippen molar-refractivity contribution in [2.24, 2.45) is 0 Å². The highest BCUT2D eigenvalue weighted by Gasteiger charge is 2.32. The van der Waals surface area contributed by atoms with Crippen LogP contribution in [0.1, 0.15) is 26.7 Å². The lowest BCUT2D eigenvalue weighted by molar-refractivity contribution is -0.139. The molecule has 2 rings (SSSR count). The van der Waals surface area contributed by atoms with E-state index in [4.69, 9.17) is 9.47 Å². The Morgan fingerprint density at radius 1 is 1.17 bits per heavy atom. The molecule has 2 aliphatic rings. The van der Waals surface area contributed by atoms with Crippen molar-refractivity contribution in [1.29, 1.82) is 0 Å². The number of esters is 1. The normalized spacial score (nSPS) is 20.5. The van der Waals surface area contributed by atoms with E-state index in [1.807, 2.05) is 6.92 Å². The Morgan fingerprint density at radius 2 is 1.87 bits per heavy atom. The van der Waals surface area contributed by atoms with Crippen LogP contribution in [0, 0.1) is 0 Å². The Labute approximate surface area is 178 Å². The first-order valence-electron chi connectivity index (χ1n) is 10.7. The van der Waals surface area contributed by atoms with Crippen LogP contribution in [0.5, 0.6) is 0 Å². The van der Waals surface area contributed by atoms with Crippen LogP contribution in [0.4, 0.5) is 4.79 Å². The third kappa shape index (κ3) is 7.26. The number of carbonyl (C=O) groups is 3. The van der Waals surface area contributed by atoms with E-state index >= 15 is 0 Å². The molecule has 3 amide bonds. The van der Waals surface area contributed by atoms with Crippen molar-refractivity contribution >= 4 is 17.9 Å². The summed E-state index contributed by atoms with van der Waals surface area (Å²) < 4.78 is 10.2. The summed E-state index contributed by atoms with van der Waals surface area (Å²) >= 11 is 0. The number of ether oxygens (including phenoxy) is 2. The van der Waals surface area contributed by atoms with Gasteiger partial charge in [-0.25, -0.2) is 9.59 Å². The minimum absolute atomic E-state index is 0.0169. The number of rotatable bonds is 11. The fourth-order valence-electron chi connectivity index (χ4n) is 3.62. The molecule has 0 radical (unpaired) electrons. The van der Waals surface area contributed by atoms with Crippen molar-refractivity contribution in [3.63, 3.8) is 0 Å². The molecular formula is C20H35N5O5. The molecule has 3 N–H and O–H groups in total. The first-order chi connectivity index (χ1) is 14.5. The largest absolute Gasteiger partial charge is 0.463 e. The Hall–Kier alpha value is -2.17. The van der Waals surface area contributed by atoms with Gasteiger partial charge in [0.25, 0.3) is 0 Å². The maximum absolute atomic E-state index is 12.5. The first kappa shape index (κ1) is 24.1. The van der Waals surface area contributed by atoms with E-state index in [1.54, 1.807) is 14.0 Å². The number of hydrogen-bond acceptors (Lipinski definition) is 7. The van der Waals surface area contributed by atoms with Gasteiger partial charge in [0, 0.05) is 58.7 Å². The number of carbonyl (C=O) groups excluding carboxylic acids is 3. The van der Waals surface area contributed by atoms with E-state index in [2.05, 4.69) is 25.8 Å². The molecule has 2 heterocycles. The number of urea groups is 1. The quantitative estimate of drug-likeness (QED) is 0.307. The molecule has 0 bridgehead atoms. The third-order valence-electron chi connectivity index (χ3n) is 5.21. The van der Waals surface area contributed by atoms with Gasteiger partial charge in [0.1, 0.15) is 0 Å². The number of nitrogens with one attached hydrogen (secondary N) is 3. The first-order valence-corrected chi connectivity index (χ1v) is 10.7. The molecule has 0 spiro atoms. The van der Waals surface area contributed by atoms with Gasteiger partial charge in [-0.1, -0.05) is 6.92 Å². The van der Waals surface area contributed by atoms with Gasteiger partial charge in [0.15, 0.2) is 0 Å². The second-order valence-electron chi connectivity index (χ2n) is 7.42. The minimum Gasteiger partial charge on any atom is -0.463 e. The molecule has 2 aliphatic heterocycles. The molecular weight excluding hydrogens is 390 g/mol. The number of nitrogens with zero attached hydrogens (tertiary/aromatic N) is 2. The van der Waals surface area contributed by atoms with Gasteiger partial charge < -0.3 is 25.4 Å². The van der Waals surface area contributed by atoms with Crippen LogP contribution in [0.25, 0.3) is 0 Å². The fourth-order valence-corrected chi connectivity index (χ4v) is 3.62. The number of amides is 3. The molecule has 10 nitrogen and oxygen atoms in total. The summed E-state index contributed by atoms with van der Waals surface area (Å²) in [5.41, 5.74) is 1.10. The fraction of sp³-hybridized carbons (Fsp3) is 0.750. The lowest BCUT2D eigenvalue weighted by Crippen LogP contribution is -2.54. The highest BCUT2D eigenvalue weighted by molar-refractivity contribution is 5.94. The second kappa shape index (κ2) is 12.5. The molecule has 1 atom stereocenters. The molecule has 10 heteroatoms. The van der Waals surface area contributed by atoms with E-state index in [0.717, 1.165) is 32.6 Å². The predicted octanol–water partition coefficient (Wildman–Crippen LogP) is -0.335. The van der Waals surface area contributed by atoms with Crippen LogP contribution in [-0.4, -0.2) is 99.9 Å². The lowest BCUT2D eigenvalue weighted by atomic mass is 10.00. The van der Waals surface area contributed by atoms with Crippen molar-refractivity contribution in [1.82, 2.24) is 25.8 Å². The molecule has 1 fully saturated rings. The van der Waals surface area contributed by atoms with E-state index in [9.17, 15) is 14.4 Å². The SMILES string of the molecule is CCOC(=O)C1=C(CN2CCN(CC(=O)NCCCOC)CC2)NC(=O)NC1CC. The second-order valence-corrected chi connectivity index (χ2v) is 7.42. The van der Waals surface area contributed by atoms with Crippen molar-refractivity contribution in [3.05, 3.63) is 11.3 Å². The van der Waals surface area contributed by atoms with Gasteiger partial charge in [-0.3, -0.25) is 14.6 Å². The molecule has 30 heavy (non-hydrogen) atoms. The monoisotopic (exact) mass is 425 g/mol. The Balaban J connectivity index is 1.89.